The molecule has 2 unspecified atom stereocenters. The third-order valence-electron chi connectivity index (χ3n) is 5.49. The molecule has 2 atom stereocenters. The van der Waals surface area contributed by atoms with Crippen molar-refractivity contribution < 1.29 is 31.7 Å². The van der Waals surface area contributed by atoms with E-state index in [2.05, 4.69) is 20.4 Å². The normalized spacial score (nSPS) is 12.9. The molecule has 0 aliphatic rings. The van der Waals surface area contributed by atoms with Crippen LogP contribution in [0.25, 0.3) is 0 Å². The molecule has 2 N–H and O–H groups in total. The summed E-state index contributed by atoms with van der Waals surface area (Å²) in [6, 6.07) is -0.214. The number of halogens is 2. The highest BCUT2D eigenvalue weighted by Gasteiger charge is 2.28. The molecule has 0 aliphatic heterocycles. The molecule has 242 valence electrons. The van der Waals surface area contributed by atoms with Gasteiger partial charge >= 0.3 is 11.9 Å². The summed E-state index contributed by atoms with van der Waals surface area (Å²) in [5.41, 5.74) is 0.170. The van der Waals surface area contributed by atoms with Crippen LogP contribution in [0.4, 0.5) is 0 Å². The number of ether oxygens (including phenoxy) is 2. The van der Waals surface area contributed by atoms with E-state index in [1.165, 1.54) is 42.7 Å². The van der Waals surface area contributed by atoms with Gasteiger partial charge in [0.15, 0.2) is 0 Å². The number of aryl methyl sites for hydroxylation is 2. The Kier molecular flexibility index (Phi) is 17.6. The first-order valence-electron chi connectivity index (χ1n) is 12.1. The second kappa shape index (κ2) is 17.7. The molecule has 0 bridgehead atoms. The van der Waals surface area contributed by atoms with E-state index in [0.29, 0.717) is 0 Å². The van der Waals surface area contributed by atoms with E-state index in [9.17, 15) is 22.2 Å². The number of hydrogen-bond donors (Lipinski definition) is 2. The lowest BCUT2D eigenvalue weighted by molar-refractivity contribution is 0.0506. The molecular formula is C26H45Cl2N5O7S2. The Morgan fingerprint density at radius 3 is 1.71 bits per heavy atom. The molecule has 42 heavy (non-hydrogen) atoms. The summed E-state index contributed by atoms with van der Waals surface area (Å²) in [7, 11) is -0.811. The maximum absolute atomic E-state index is 13.2. The molecule has 2 aromatic rings. The standard InChI is InChI=1S/C15H24ClN3O3S.C9H13ClN2O4S.2CH4/c1-7-11(10(3)4)18-23(21,17-5)12-9-19(6)14(13(12)16)15(20)22-8-2;1-4-16-9(13)8-7(10)6(5-12(8)3)17(14,15)11-2;;/h7,9-11H,1,8H2,2-6H3,(H,17,18,21);5,11H,4H2,1-3H3;2*1H4. The number of carbonyl (C=O) groups is 2. The summed E-state index contributed by atoms with van der Waals surface area (Å²) < 4.78 is 58.2. The Morgan fingerprint density at radius 2 is 1.38 bits per heavy atom. The van der Waals surface area contributed by atoms with Crippen LogP contribution < -0.4 is 9.44 Å². The minimum Gasteiger partial charge on any atom is -0.461 e. The highest BCUT2D eigenvalue weighted by atomic mass is 35.5. The predicted octanol–water partition coefficient (Wildman–Crippen LogP) is 5.06. The van der Waals surface area contributed by atoms with E-state index >= 15 is 0 Å². The lowest BCUT2D eigenvalue weighted by atomic mass is 10.1. The topological polar surface area (TPSA) is 150 Å². The number of nitrogens with zero attached hydrogens (tertiary/aromatic N) is 3. The van der Waals surface area contributed by atoms with Crippen LogP contribution in [0, 0.1) is 5.92 Å². The summed E-state index contributed by atoms with van der Waals surface area (Å²) in [6.07, 6.45) is 4.48. The van der Waals surface area contributed by atoms with E-state index in [-0.39, 0.29) is 71.3 Å². The lowest BCUT2D eigenvalue weighted by Gasteiger charge is -2.21. The van der Waals surface area contributed by atoms with Crippen molar-refractivity contribution in [2.24, 2.45) is 24.4 Å². The van der Waals surface area contributed by atoms with Gasteiger partial charge in [0.1, 0.15) is 26.2 Å². The van der Waals surface area contributed by atoms with Gasteiger partial charge in [-0.2, -0.15) is 0 Å². The van der Waals surface area contributed by atoms with Gasteiger partial charge in [-0.25, -0.2) is 36.0 Å². The molecule has 0 aromatic carbocycles. The first-order valence-corrected chi connectivity index (χ1v) is 15.8. The smallest absolute Gasteiger partial charge is 0.356 e. The van der Waals surface area contributed by atoms with Gasteiger partial charge in [-0.05, 0) is 26.8 Å². The fourth-order valence-electron chi connectivity index (χ4n) is 3.35. The van der Waals surface area contributed by atoms with Gasteiger partial charge in [-0.3, -0.25) is 0 Å². The second-order valence-electron chi connectivity index (χ2n) is 8.51. The van der Waals surface area contributed by atoms with Gasteiger partial charge in [0.25, 0.3) is 0 Å². The minimum absolute atomic E-state index is 0. The van der Waals surface area contributed by atoms with Crippen molar-refractivity contribution in [3.63, 3.8) is 0 Å². The minimum atomic E-state index is -3.69. The maximum Gasteiger partial charge on any atom is 0.356 e. The van der Waals surface area contributed by atoms with Crippen LogP contribution in [0.2, 0.25) is 10.0 Å². The average Bonchev–Trinajstić information content (AvgIpc) is 3.37. The molecule has 0 amide bonds. The van der Waals surface area contributed by atoms with Crippen molar-refractivity contribution in [3.05, 3.63) is 46.5 Å². The van der Waals surface area contributed by atoms with Gasteiger partial charge < -0.3 is 18.6 Å². The molecule has 0 spiro atoms. The van der Waals surface area contributed by atoms with Crippen molar-refractivity contribution in [2.75, 3.05) is 27.3 Å². The Balaban J connectivity index is 0. The Morgan fingerprint density at radius 1 is 0.976 bits per heavy atom. The van der Waals surface area contributed by atoms with Crippen molar-refractivity contribution in [1.29, 1.82) is 0 Å². The zero-order valence-electron chi connectivity index (χ0n) is 23.8. The number of carbonyl (C=O) groups excluding carboxylic acids is 2. The van der Waals surface area contributed by atoms with Crippen molar-refractivity contribution in [3.8, 4) is 0 Å². The van der Waals surface area contributed by atoms with Crippen LogP contribution in [0.15, 0.2) is 39.2 Å². The Bertz CT molecular complexity index is 1460. The van der Waals surface area contributed by atoms with E-state index in [1.807, 2.05) is 13.8 Å². The molecule has 0 fully saturated rings. The Hall–Kier alpha value is -2.36. The Labute approximate surface area is 261 Å². The van der Waals surface area contributed by atoms with Crippen molar-refractivity contribution in [1.82, 2.24) is 18.6 Å². The molecule has 0 aliphatic carbocycles. The summed E-state index contributed by atoms with van der Waals surface area (Å²) in [5.74, 6) is -1.05. The van der Waals surface area contributed by atoms with Gasteiger partial charge in [-0.15, -0.1) is 6.58 Å². The van der Waals surface area contributed by atoms with E-state index in [0.717, 1.165) is 0 Å². The van der Waals surface area contributed by atoms with Crippen LogP contribution in [0.1, 0.15) is 63.5 Å². The second-order valence-corrected chi connectivity index (χ2v) is 13.2. The summed E-state index contributed by atoms with van der Waals surface area (Å²) >= 11 is 12.2. The third-order valence-corrected chi connectivity index (χ3v) is 9.92. The first kappa shape index (κ1) is 41.8. The summed E-state index contributed by atoms with van der Waals surface area (Å²) in [4.78, 5) is 23.7. The van der Waals surface area contributed by atoms with E-state index < -0.39 is 31.9 Å². The highest BCUT2D eigenvalue weighted by Crippen LogP contribution is 2.30. The molecule has 2 heterocycles. The maximum atomic E-state index is 13.2. The monoisotopic (exact) mass is 673 g/mol. The molecule has 0 saturated carbocycles. The number of rotatable bonds is 11. The quantitative estimate of drug-likeness (QED) is 0.250. The molecule has 12 nitrogen and oxygen atoms in total. The predicted molar refractivity (Wildman–Crippen MR) is 169 cm³/mol. The van der Waals surface area contributed by atoms with Crippen LogP contribution in [-0.2, 0) is 43.5 Å². The summed E-state index contributed by atoms with van der Waals surface area (Å²) in [6.45, 7) is 11.5. The van der Waals surface area contributed by atoms with Crippen molar-refractivity contribution in [2.45, 2.75) is 58.4 Å². The molecule has 16 heteroatoms. The fourth-order valence-corrected chi connectivity index (χ4v) is 7.14. The summed E-state index contributed by atoms with van der Waals surface area (Å²) in [5, 5.41) is -0.0547. The molecule has 2 rings (SSSR count). The van der Waals surface area contributed by atoms with Crippen LogP contribution in [0.5, 0.6) is 0 Å². The number of hydrogen-bond acceptors (Lipinski definition) is 8. The largest absolute Gasteiger partial charge is 0.461 e. The highest BCUT2D eigenvalue weighted by molar-refractivity contribution is 7.92. The molecule has 0 saturated heterocycles. The number of esters is 2. The van der Waals surface area contributed by atoms with E-state index in [1.54, 1.807) is 27.0 Å². The zero-order valence-corrected chi connectivity index (χ0v) is 26.9. The van der Waals surface area contributed by atoms with Gasteiger partial charge in [0.05, 0.1) is 28.2 Å². The van der Waals surface area contributed by atoms with Gasteiger partial charge in [0.2, 0.25) is 10.0 Å². The third kappa shape index (κ3) is 9.58. The van der Waals surface area contributed by atoms with Crippen molar-refractivity contribution >= 4 is 55.1 Å². The zero-order chi connectivity index (χ0) is 31.0. The van der Waals surface area contributed by atoms with Crippen LogP contribution in [-0.4, -0.2) is 67.1 Å². The lowest BCUT2D eigenvalue weighted by Crippen LogP contribution is -2.36. The van der Waals surface area contributed by atoms with Gasteiger partial charge in [0, 0.05) is 39.6 Å². The molecule has 0 radical (unpaired) electrons. The van der Waals surface area contributed by atoms with E-state index in [4.69, 9.17) is 32.7 Å². The SMILES string of the molecule is C.C.C=CC(NS(=O)(=NC)c1cn(C)c(C(=O)OCC)c1Cl)C(C)C.CCOC(=O)c1c(Cl)c(S(=O)(=O)NC)cn1C. The molecular weight excluding hydrogens is 629 g/mol. The van der Waals surface area contributed by atoms with Crippen LogP contribution >= 0.6 is 23.2 Å². The first-order chi connectivity index (χ1) is 18.6. The average molecular weight is 675 g/mol. The number of sulfonamides is 1. The number of nitrogens with one attached hydrogen (secondary N) is 2. The number of aromatic nitrogens is 2. The molecule has 2 aromatic heterocycles. The van der Waals surface area contributed by atoms with Gasteiger partial charge in [-0.1, -0.05) is 58.0 Å². The fraction of sp³-hybridized carbons (Fsp3) is 0.538. The van der Waals surface area contributed by atoms with Crippen LogP contribution in [0.3, 0.4) is 0 Å².